The number of hydrogen-bond acceptors (Lipinski definition) is 5. The van der Waals surface area contributed by atoms with E-state index in [9.17, 15) is 23.1 Å². The number of carbonyl (C=O) groups excluding carboxylic acids is 2. The number of likely N-dealkylation sites (N-methyl/N-ethyl adjacent to an activating group) is 1. The Morgan fingerprint density at radius 3 is 2.27 bits per heavy atom. The van der Waals surface area contributed by atoms with Crippen LogP contribution < -0.4 is 10.6 Å². The summed E-state index contributed by atoms with van der Waals surface area (Å²) in [5.74, 6) is -1.85. The molecule has 0 fully saturated rings. The first-order chi connectivity index (χ1) is 10.0. The minimum absolute atomic E-state index is 0.0539. The molecule has 1 rings (SSSR count). The predicted octanol–water partition coefficient (Wildman–Crippen LogP) is -0.375. The highest BCUT2D eigenvalue weighted by Crippen LogP contribution is 2.20. The molecule has 0 saturated carbocycles. The third-order valence-electron chi connectivity index (χ3n) is 3.22. The van der Waals surface area contributed by atoms with Gasteiger partial charge in [-0.15, -0.1) is 0 Å². The maximum absolute atomic E-state index is 12.3. The summed E-state index contributed by atoms with van der Waals surface area (Å²) in [6, 6.07) is 4.03. The average molecular weight is 328 g/mol. The Balaban J connectivity index is 3.17. The van der Waals surface area contributed by atoms with Crippen LogP contribution in [-0.4, -0.2) is 50.8 Å². The summed E-state index contributed by atoms with van der Waals surface area (Å²) in [6.07, 6.45) is 0. The summed E-state index contributed by atoms with van der Waals surface area (Å²) in [5, 5.41) is 14.7. The molecule has 0 bridgehead atoms. The van der Waals surface area contributed by atoms with Gasteiger partial charge in [-0.05, 0) is 37.6 Å². The highest BCUT2D eigenvalue weighted by atomic mass is 32.2. The third kappa shape index (κ3) is 3.83. The molecule has 122 valence electrons. The van der Waals surface area contributed by atoms with Crippen LogP contribution in [0.4, 0.5) is 0 Å². The molecule has 0 aliphatic heterocycles. The molecule has 1 aromatic carbocycles. The Bertz CT molecular complexity index is 695. The lowest BCUT2D eigenvalue weighted by Crippen LogP contribution is -2.47. The molecule has 0 aromatic heterocycles. The first kappa shape index (κ1) is 18.1. The van der Waals surface area contributed by atoms with Gasteiger partial charge in [0, 0.05) is 19.7 Å². The number of amides is 2. The lowest BCUT2D eigenvalue weighted by molar-refractivity contribution is -0.135. The Hall–Kier alpha value is -1.93. The molecule has 0 heterocycles. The van der Waals surface area contributed by atoms with Crippen LogP contribution in [0.1, 0.15) is 22.8 Å². The van der Waals surface area contributed by atoms with E-state index in [1.54, 1.807) is 6.92 Å². The fourth-order valence-corrected chi connectivity index (χ4v) is 3.68. The number of benzene rings is 1. The van der Waals surface area contributed by atoms with E-state index in [1.165, 1.54) is 32.3 Å². The number of aliphatic hydroxyl groups is 1. The lowest BCUT2D eigenvalue weighted by atomic mass is 10.1. The van der Waals surface area contributed by atoms with Gasteiger partial charge in [-0.1, -0.05) is 0 Å². The highest BCUT2D eigenvalue weighted by Gasteiger charge is 2.36. The van der Waals surface area contributed by atoms with E-state index < -0.39 is 27.1 Å². The van der Waals surface area contributed by atoms with Gasteiger partial charge in [0.1, 0.15) is 0 Å². The average Bonchev–Trinajstić information content (AvgIpc) is 2.44. The van der Waals surface area contributed by atoms with Gasteiger partial charge < -0.3 is 15.7 Å². The molecule has 2 amide bonds. The van der Waals surface area contributed by atoms with Crippen LogP contribution in [0.3, 0.4) is 0 Å². The van der Waals surface area contributed by atoms with Crippen molar-refractivity contribution in [2.75, 3.05) is 19.8 Å². The van der Waals surface area contributed by atoms with Gasteiger partial charge in [-0.2, -0.15) is 0 Å². The Morgan fingerprint density at radius 2 is 1.82 bits per heavy atom. The molecule has 1 unspecified atom stereocenters. The number of nitrogens with one attached hydrogen (secondary N) is 2. The van der Waals surface area contributed by atoms with E-state index in [0.717, 1.165) is 6.92 Å². The fraction of sp³-hybridized carbons (Fsp3) is 0.429. The molecule has 8 heteroatoms. The number of aryl methyl sites for hydroxylation is 1. The van der Waals surface area contributed by atoms with Gasteiger partial charge in [-0.25, -0.2) is 8.42 Å². The SMILES string of the molecule is CNC(=O)c1ccc(S(=O)(=O)CC(C)(O)C(=O)NC)cc1C. The number of sulfone groups is 1. The summed E-state index contributed by atoms with van der Waals surface area (Å²) in [6.45, 7) is 2.75. The van der Waals surface area contributed by atoms with Crippen molar-refractivity contribution < 1.29 is 23.1 Å². The summed E-state index contributed by atoms with van der Waals surface area (Å²) in [4.78, 5) is 23.1. The summed E-state index contributed by atoms with van der Waals surface area (Å²) in [5.41, 5.74) is -1.19. The van der Waals surface area contributed by atoms with Gasteiger partial charge in [-0.3, -0.25) is 9.59 Å². The van der Waals surface area contributed by atoms with Crippen molar-refractivity contribution >= 4 is 21.7 Å². The van der Waals surface area contributed by atoms with Gasteiger partial charge in [0.25, 0.3) is 11.8 Å². The van der Waals surface area contributed by atoms with Crippen molar-refractivity contribution in [3.63, 3.8) is 0 Å². The Labute approximate surface area is 129 Å². The summed E-state index contributed by atoms with van der Waals surface area (Å²) >= 11 is 0. The Kier molecular flexibility index (Phi) is 5.31. The van der Waals surface area contributed by atoms with Crippen LogP contribution in [-0.2, 0) is 14.6 Å². The van der Waals surface area contributed by atoms with Gasteiger partial charge >= 0.3 is 0 Å². The highest BCUT2D eigenvalue weighted by molar-refractivity contribution is 7.91. The van der Waals surface area contributed by atoms with Gasteiger partial charge in [0.15, 0.2) is 15.4 Å². The van der Waals surface area contributed by atoms with Crippen LogP contribution in [0.15, 0.2) is 23.1 Å². The van der Waals surface area contributed by atoms with Crippen LogP contribution in [0, 0.1) is 6.92 Å². The molecule has 0 radical (unpaired) electrons. The second-order valence-corrected chi connectivity index (χ2v) is 7.16. The summed E-state index contributed by atoms with van der Waals surface area (Å²) in [7, 11) is -1.10. The lowest BCUT2D eigenvalue weighted by Gasteiger charge is -2.21. The van der Waals surface area contributed by atoms with Crippen molar-refractivity contribution in [1.29, 1.82) is 0 Å². The van der Waals surface area contributed by atoms with E-state index in [2.05, 4.69) is 10.6 Å². The van der Waals surface area contributed by atoms with E-state index in [-0.39, 0.29) is 10.8 Å². The van der Waals surface area contributed by atoms with E-state index >= 15 is 0 Å². The second-order valence-electron chi connectivity index (χ2n) is 5.17. The zero-order valence-electron chi connectivity index (χ0n) is 12.9. The van der Waals surface area contributed by atoms with E-state index in [1.807, 2.05) is 0 Å². The van der Waals surface area contributed by atoms with Crippen molar-refractivity contribution in [2.45, 2.75) is 24.3 Å². The predicted molar refractivity (Wildman–Crippen MR) is 81.3 cm³/mol. The molecule has 22 heavy (non-hydrogen) atoms. The fourth-order valence-electron chi connectivity index (χ4n) is 2.01. The van der Waals surface area contributed by atoms with Crippen LogP contribution in [0.5, 0.6) is 0 Å². The molecular formula is C14H20N2O5S. The zero-order valence-corrected chi connectivity index (χ0v) is 13.7. The molecule has 0 spiro atoms. The third-order valence-corrected chi connectivity index (χ3v) is 5.13. The molecule has 1 aromatic rings. The molecule has 0 aliphatic rings. The van der Waals surface area contributed by atoms with Gasteiger partial charge in [0.2, 0.25) is 0 Å². The molecular weight excluding hydrogens is 308 g/mol. The molecule has 1 atom stereocenters. The minimum Gasteiger partial charge on any atom is -0.379 e. The second kappa shape index (κ2) is 6.45. The quantitative estimate of drug-likeness (QED) is 0.682. The number of rotatable bonds is 5. The maximum atomic E-state index is 12.3. The Morgan fingerprint density at radius 1 is 1.23 bits per heavy atom. The maximum Gasteiger partial charge on any atom is 0.252 e. The van der Waals surface area contributed by atoms with Crippen molar-refractivity contribution in [1.82, 2.24) is 10.6 Å². The number of carbonyl (C=O) groups is 2. The van der Waals surface area contributed by atoms with Crippen molar-refractivity contribution in [3.05, 3.63) is 29.3 Å². The largest absolute Gasteiger partial charge is 0.379 e. The number of hydrogen-bond donors (Lipinski definition) is 3. The van der Waals surface area contributed by atoms with Crippen LogP contribution in [0.25, 0.3) is 0 Å². The normalized spacial score (nSPS) is 14.0. The van der Waals surface area contributed by atoms with Crippen LogP contribution in [0.2, 0.25) is 0 Å². The van der Waals surface area contributed by atoms with E-state index in [0.29, 0.717) is 11.1 Å². The smallest absolute Gasteiger partial charge is 0.252 e. The molecule has 7 nitrogen and oxygen atoms in total. The minimum atomic E-state index is -3.89. The summed E-state index contributed by atoms with van der Waals surface area (Å²) < 4.78 is 24.7. The first-order valence-corrected chi connectivity index (χ1v) is 8.20. The van der Waals surface area contributed by atoms with Gasteiger partial charge in [0.05, 0.1) is 10.6 Å². The standard InChI is InChI=1S/C14H20N2O5S/c1-9-7-10(5-6-11(9)12(17)15-3)22(20,21)8-14(2,19)13(18)16-4/h5-7,19H,8H2,1-4H3,(H,15,17)(H,16,18). The van der Waals surface area contributed by atoms with Crippen LogP contribution >= 0.6 is 0 Å². The van der Waals surface area contributed by atoms with E-state index in [4.69, 9.17) is 0 Å². The van der Waals surface area contributed by atoms with Crippen molar-refractivity contribution in [2.24, 2.45) is 0 Å². The molecule has 3 N–H and O–H groups in total. The first-order valence-electron chi connectivity index (χ1n) is 6.55. The monoisotopic (exact) mass is 328 g/mol. The van der Waals surface area contributed by atoms with Crippen molar-refractivity contribution in [3.8, 4) is 0 Å². The topological polar surface area (TPSA) is 113 Å². The molecule has 0 saturated heterocycles. The zero-order chi connectivity index (χ0) is 17.1. The molecule has 0 aliphatic carbocycles.